The highest BCUT2D eigenvalue weighted by Crippen LogP contribution is 2.17. The van der Waals surface area contributed by atoms with Crippen LogP contribution in [0.4, 0.5) is 0 Å². The quantitative estimate of drug-likeness (QED) is 0.852. The van der Waals surface area contributed by atoms with Gasteiger partial charge in [-0.3, -0.25) is 0 Å². The van der Waals surface area contributed by atoms with Gasteiger partial charge in [-0.15, -0.1) is 0 Å². The molecule has 3 heteroatoms. The zero-order chi connectivity index (χ0) is 13.3. The van der Waals surface area contributed by atoms with Crippen molar-refractivity contribution >= 4 is 0 Å². The van der Waals surface area contributed by atoms with Crippen LogP contribution in [-0.4, -0.2) is 44.3 Å². The second-order valence-electron chi connectivity index (χ2n) is 5.12. The molecule has 0 saturated carbocycles. The van der Waals surface area contributed by atoms with Crippen LogP contribution >= 0.6 is 0 Å². The molecule has 1 aromatic carbocycles. The molecule has 1 atom stereocenters. The molecule has 1 aliphatic rings. The Labute approximate surface area is 116 Å². The summed E-state index contributed by atoms with van der Waals surface area (Å²) in [5.74, 6) is 0. The zero-order valence-corrected chi connectivity index (χ0v) is 12.0. The van der Waals surface area contributed by atoms with Gasteiger partial charge in [0, 0.05) is 32.3 Å². The summed E-state index contributed by atoms with van der Waals surface area (Å²) in [6, 6.07) is 11.2. The first-order valence-electron chi connectivity index (χ1n) is 7.48. The minimum Gasteiger partial charge on any atom is -0.380 e. The van der Waals surface area contributed by atoms with Crippen molar-refractivity contribution in [2.75, 3.05) is 39.4 Å². The molecular weight excluding hydrogens is 236 g/mol. The predicted molar refractivity (Wildman–Crippen MR) is 79.4 cm³/mol. The van der Waals surface area contributed by atoms with Crippen molar-refractivity contribution in [1.82, 2.24) is 10.2 Å². The fourth-order valence-corrected chi connectivity index (χ4v) is 2.65. The maximum atomic E-state index is 5.51. The lowest BCUT2D eigenvalue weighted by molar-refractivity contribution is 0.140. The molecule has 1 heterocycles. The molecule has 0 bridgehead atoms. The minimum atomic E-state index is 0.468. The van der Waals surface area contributed by atoms with Gasteiger partial charge in [0.1, 0.15) is 0 Å². The Morgan fingerprint density at radius 1 is 1.21 bits per heavy atom. The Balaban J connectivity index is 1.86. The Morgan fingerprint density at radius 3 is 2.84 bits per heavy atom. The van der Waals surface area contributed by atoms with Gasteiger partial charge in [0.2, 0.25) is 0 Å². The van der Waals surface area contributed by atoms with Crippen LogP contribution in [0.15, 0.2) is 30.3 Å². The molecule has 1 aromatic rings. The van der Waals surface area contributed by atoms with Crippen molar-refractivity contribution in [3.63, 3.8) is 0 Å². The van der Waals surface area contributed by atoms with Gasteiger partial charge < -0.3 is 15.0 Å². The maximum absolute atomic E-state index is 5.51. The SMILES string of the molecule is CCNC(CCN1CCCOCC1)c1ccccc1. The standard InChI is InChI=1S/C16H26N2O/c1-2-17-16(15-7-4-3-5-8-15)9-11-18-10-6-13-19-14-12-18/h3-5,7-8,16-17H,2,6,9-14H2,1H3. The molecule has 0 aliphatic carbocycles. The molecule has 0 amide bonds. The molecule has 0 aromatic heterocycles. The molecular formula is C16H26N2O. The summed E-state index contributed by atoms with van der Waals surface area (Å²) in [7, 11) is 0. The molecule has 1 N–H and O–H groups in total. The molecule has 3 nitrogen and oxygen atoms in total. The number of nitrogens with zero attached hydrogens (tertiary/aromatic N) is 1. The average molecular weight is 262 g/mol. The molecule has 106 valence electrons. The largest absolute Gasteiger partial charge is 0.380 e. The van der Waals surface area contributed by atoms with E-state index < -0.39 is 0 Å². The number of benzene rings is 1. The van der Waals surface area contributed by atoms with E-state index in [1.54, 1.807) is 0 Å². The summed E-state index contributed by atoms with van der Waals surface area (Å²) < 4.78 is 5.51. The van der Waals surface area contributed by atoms with Crippen LogP contribution in [0.3, 0.4) is 0 Å². The van der Waals surface area contributed by atoms with Crippen LogP contribution in [0.1, 0.15) is 31.4 Å². The summed E-state index contributed by atoms with van der Waals surface area (Å²) in [5, 5.41) is 3.60. The lowest BCUT2D eigenvalue weighted by Crippen LogP contribution is -2.31. The number of ether oxygens (including phenoxy) is 1. The van der Waals surface area contributed by atoms with Crippen LogP contribution in [0.25, 0.3) is 0 Å². The molecule has 2 rings (SSSR count). The monoisotopic (exact) mass is 262 g/mol. The Hall–Kier alpha value is -0.900. The highest BCUT2D eigenvalue weighted by Gasteiger charge is 2.14. The smallest absolute Gasteiger partial charge is 0.0593 e. The third-order valence-corrected chi connectivity index (χ3v) is 3.70. The van der Waals surface area contributed by atoms with E-state index in [4.69, 9.17) is 4.74 Å². The number of nitrogens with one attached hydrogen (secondary N) is 1. The Morgan fingerprint density at radius 2 is 2.05 bits per heavy atom. The molecule has 19 heavy (non-hydrogen) atoms. The maximum Gasteiger partial charge on any atom is 0.0593 e. The van der Waals surface area contributed by atoms with Gasteiger partial charge in [-0.25, -0.2) is 0 Å². The van der Waals surface area contributed by atoms with Gasteiger partial charge in [-0.1, -0.05) is 37.3 Å². The fraction of sp³-hybridized carbons (Fsp3) is 0.625. The predicted octanol–water partition coefficient (Wildman–Crippen LogP) is 2.45. The molecule has 0 radical (unpaired) electrons. The van der Waals surface area contributed by atoms with E-state index in [2.05, 4.69) is 47.5 Å². The fourth-order valence-electron chi connectivity index (χ4n) is 2.65. The van der Waals surface area contributed by atoms with Gasteiger partial charge in [0.15, 0.2) is 0 Å². The molecule has 1 aliphatic heterocycles. The van der Waals surface area contributed by atoms with Gasteiger partial charge in [0.05, 0.1) is 6.61 Å². The van der Waals surface area contributed by atoms with Gasteiger partial charge in [-0.05, 0) is 24.9 Å². The lowest BCUT2D eigenvalue weighted by atomic mass is 10.0. The van der Waals surface area contributed by atoms with Gasteiger partial charge in [-0.2, -0.15) is 0 Å². The second-order valence-corrected chi connectivity index (χ2v) is 5.12. The van der Waals surface area contributed by atoms with E-state index >= 15 is 0 Å². The van der Waals surface area contributed by atoms with Gasteiger partial charge in [0.25, 0.3) is 0 Å². The second kappa shape index (κ2) is 8.31. The minimum absolute atomic E-state index is 0.468. The van der Waals surface area contributed by atoms with E-state index in [9.17, 15) is 0 Å². The van der Waals surface area contributed by atoms with E-state index in [1.807, 2.05) is 0 Å². The first-order valence-corrected chi connectivity index (χ1v) is 7.48. The first-order chi connectivity index (χ1) is 9.40. The molecule has 0 spiro atoms. The molecule has 1 unspecified atom stereocenters. The normalized spacial score (nSPS) is 19.0. The Bertz CT molecular complexity index is 334. The highest BCUT2D eigenvalue weighted by atomic mass is 16.5. The first kappa shape index (κ1) is 14.5. The third kappa shape index (κ3) is 4.94. The van der Waals surface area contributed by atoms with Crippen molar-refractivity contribution in [1.29, 1.82) is 0 Å². The van der Waals surface area contributed by atoms with Crippen molar-refractivity contribution in [3.05, 3.63) is 35.9 Å². The average Bonchev–Trinajstić information content (AvgIpc) is 2.73. The third-order valence-electron chi connectivity index (χ3n) is 3.70. The van der Waals surface area contributed by atoms with Crippen LogP contribution in [-0.2, 0) is 4.74 Å². The van der Waals surface area contributed by atoms with Gasteiger partial charge >= 0.3 is 0 Å². The Kier molecular flexibility index (Phi) is 6.34. The summed E-state index contributed by atoms with van der Waals surface area (Å²) in [6.45, 7) is 8.40. The lowest BCUT2D eigenvalue weighted by Gasteiger charge is -2.24. The topological polar surface area (TPSA) is 24.5 Å². The van der Waals surface area contributed by atoms with Crippen molar-refractivity contribution < 1.29 is 4.74 Å². The molecule has 1 saturated heterocycles. The van der Waals surface area contributed by atoms with Crippen LogP contribution in [0.2, 0.25) is 0 Å². The van der Waals surface area contributed by atoms with Crippen LogP contribution in [0, 0.1) is 0 Å². The summed E-state index contributed by atoms with van der Waals surface area (Å²) in [6.07, 6.45) is 2.33. The van der Waals surface area contributed by atoms with Crippen LogP contribution < -0.4 is 5.32 Å². The summed E-state index contributed by atoms with van der Waals surface area (Å²) >= 11 is 0. The summed E-state index contributed by atoms with van der Waals surface area (Å²) in [5.41, 5.74) is 1.40. The number of rotatable bonds is 6. The van der Waals surface area contributed by atoms with E-state index in [1.165, 1.54) is 12.1 Å². The van der Waals surface area contributed by atoms with E-state index in [0.29, 0.717) is 6.04 Å². The summed E-state index contributed by atoms with van der Waals surface area (Å²) in [4.78, 5) is 2.53. The van der Waals surface area contributed by atoms with E-state index in [0.717, 1.165) is 45.7 Å². The van der Waals surface area contributed by atoms with E-state index in [-0.39, 0.29) is 0 Å². The highest BCUT2D eigenvalue weighted by molar-refractivity contribution is 5.18. The molecule has 1 fully saturated rings. The zero-order valence-electron chi connectivity index (χ0n) is 12.0. The van der Waals surface area contributed by atoms with Crippen molar-refractivity contribution in [2.45, 2.75) is 25.8 Å². The van der Waals surface area contributed by atoms with Crippen molar-refractivity contribution in [3.8, 4) is 0 Å². The van der Waals surface area contributed by atoms with Crippen molar-refractivity contribution in [2.24, 2.45) is 0 Å². The number of hydrogen-bond donors (Lipinski definition) is 1. The number of hydrogen-bond acceptors (Lipinski definition) is 3. The van der Waals surface area contributed by atoms with Crippen LogP contribution in [0.5, 0.6) is 0 Å².